The number of carbonyl (C=O) groups is 2. The number of imide groups is 1. The zero-order valence-corrected chi connectivity index (χ0v) is 10.3. The second kappa shape index (κ2) is 4.85. The number of urea groups is 1. The van der Waals surface area contributed by atoms with Crippen LogP contribution in [0.2, 0.25) is 0 Å². The molecule has 1 unspecified atom stereocenters. The van der Waals surface area contributed by atoms with Gasteiger partial charge in [-0.2, -0.15) is 0 Å². The van der Waals surface area contributed by atoms with E-state index in [1.807, 2.05) is 0 Å². The Morgan fingerprint density at radius 3 is 2.68 bits per heavy atom. The second-order valence-electron chi connectivity index (χ2n) is 4.20. The summed E-state index contributed by atoms with van der Waals surface area (Å²) in [4.78, 5) is 23.4. The highest BCUT2D eigenvalue weighted by Gasteiger charge is 2.48. The maximum Gasteiger partial charge on any atom is 0.322 e. The third-order valence-corrected chi connectivity index (χ3v) is 3.08. The highest BCUT2D eigenvalue weighted by Crippen LogP contribution is 2.35. The van der Waals surface area contributed by atoms with Crippen molar-refractivity contribution in [3.63, 3.8) is 0 Å². The smallest absolute Gasteiger partial charge is 0.322 e. The van der Waals surface area contributed by atoms with Gasteiger partial charge in [-0.25, -0.2) is 9.18 Å². The van der Waals surface area contributed by atoms with Crippen LogP contribution in [0.15, 0.2) is 18.2 Å². The quantitative estimate of drug-likeness (QED) is 0.680. The molecule has 0 radical (unpaired) electrons. The zero-order chi connectivity index (χ0) is 14.0. The van der Waals surface area contributed by atoms with E-state index in [0.717, 1.165) is 0 Å². The summed E-state index contributed by atoms with van der Waals surface area (Å²) < 4.78 is 18.6. The van der Waals surface area contributed by atoms with Crippen LogP contribution in [0.25, 0.3) is 0 Å². The van der Waals surface area contributed by atoms with Crippen molar-refractivity contribution in [3.8, 4) is 5.75 Å². The van der Waals surface area contributed by atoms with Gasteiger partial charge in [-0.1, -0.05) is 0 Å². The Hall–Kier alpha value is -2.15. The Morgan fingerprint density at radius 2 is 2.16 bits per heavy atom. The Bertz CT molecular complexity index is 535. The van der Waals surface area contributed by atoms with Gasteiger partial charge in [0.15, 0.2) is 5.54 Å². The van der Waals surface area contributed by atoms with Gasteiger partial charge in [0.1, 0.15) is 11.6 Å². The summed E-state index contributed by atoms with van der Waals surface area (Å²) in [7, 11) is 1.40. The van der Waals surface area contributed by atoms with E-state index in [4.69, 9.17) is 10.5 Å². The summed E-state index contributed by atoms with van der Waals surface area (Å²) in [6.45, 7) is 0.146. The van der Waals surface area contributed by atoms with E-state index in [-0.39, 0.29) is 18.5 Å². The molecule has 0 bridgehead atoms. The van der Waals surface area contributed by atoms with Gasteiger partial charge < -0.3 is 15.8 Å². The molecule has 0 aliphatic carbocycles. The Balaban J connectivity index is 2.59. The summed E-state index contributed by atoms with van der Waals surface area (Å²) in [5.74, 6) is -0.778. The van der Waals surface area contributed by atoms with Crippen molar-refractivity contribution < 1.29 is 18.7 Å². The molecule has 1 aliphatic rings. The minimum atomic E-state index is -1.39. The molecule has 7 heteroatoms. The Morgan fingerprint density at radius 1 is 1.42 bits per heavy atom. The summed E-state index contributed by atoms with van der Waals surface area (Å²) in [6, 6.07) is 3.15. The number of amides is 3. The first-order valence-electron chi connectivity index (χ1n) is 5.71. The lowest BCUT2D eigenvalue weighted by molar-refractivity contribution is -0.124. The Kier molecular flexibility index (Phi) is 3.39. The summed E-state index contributed by atoms with van der Waals surface area (Å²) >= 11 is 0. The van der Waals surface area contributed by atoms with Crippen molar-refractivity contribution >= 4 is 11.9 Å². The maximum absolute atomic E-state index is 13.4. The first-order chi connectivity index (χ1) is 9.03. The average Bonchev–Trinajstić information content (AvgIpc) is 2.65. The molecule has 1 aromatic rings. The molecule has 1 aromatic carbocycles. The number of halogens is 1. The molecule has 1 fully saturated rings. The van der Waals surface area contributed by atoms with Crippen LogP contribution in [0.5, 0.6) is 5.75 Å². The molecule has 6 nitrogen and oxygen atoms in total. The first-order valence-corrected chi connectivity index (χ1v) is 5.71. The molecule has 1 aliphatic heterocycles. The van der Waals surface area contributed by atoms with Gasteiger partial charge in [-0.15, -0.1) is 0 Å². The van der Waals surface area contributed by atoms with Crippen molar-refractivity contribution in [1.82, 2.24) is 10.6 Å². The highest BCUT2D eigenvalue weighted by molar-refractivity contribution is 6.07. The largest absolute Gasteiger partial charge is 0.496 e. The van der Waals surface area contributed by atoms with Crippen molar-refractivity contribution in [3.05, 3.63) is 29.6 Å². The fraction of sp³-hybridized carbons (Fsp3) is 0.333. The predicted octanol–water partition coefficient (Wildman–Crippen LogP) is 0.218. The van der Waals surface area contributed by atoms with E-state index < -0.39 is 23.3 Å². The lowest BCUT2D eigenvalue weighted by atomic mass is 9.86. The van der Waals surface area contributed by atoms with Crippen LogP contribution < -0.4 is 21.1 Å². The molecule has 0 saturated carbocycles. The van der Waals surface area contributed by atoms with E-state index in [1.165, 1.54) is 25.3 Å². The minimum Gasteiger partial charge on any atom is -0.496 e. The normalized spacial score (nSPS) is 22.1. The minimum absolute atomic E-state index is 0.143. The summed E-state index contributed by atoms with van der Waals surface area (Å²) in [5.41, 5.74) is 4.37. The molecular formula is C12H14FN3O3. The predicted molar refractivity (Wildman–Crippen MR) is 65.0 cm³/mol. The number of carbonyl (C=O) groups excluding carboxylic acids is 2. The molecule has 4 N–H and O–H groups in total. The van der Waals surface area contributed by atoms with Gasteiger partial charge in [0.05, 0.1) is 7.11 Å². The second-order valence-corrected chi connectivity index (χ2v) is 4.20. The highest BCUT2D eigenvalue weighted by atomic mass is 19.1. The van der Waals surface area contributed by atoms with Crippen LogP contribution in [-0.4, -0.2) is 25.6 Å². The monoisotopic (exact) mass is 267 g/mol. The third-order valence-electron chi connectivity index (χ3n) is 3.08. The molecule has 1 atom stereocenters. The third kappa shape index (κ3) is 2.12. The zero-order valence-electron chi connectivity index (χ0n) is 10.3. The standard InChI is InChI=1S/C12H14FN3O3/c1-19-9-3-2-7(13)6-8(9)12(4-5-14)10(17)15-11(18)16-12/h2-3,6H,4-5,14H2,1H3,(H2,15,16,17,18). The number of hydrogen-bond donors (Lipinski definition) is 3. The molecule has 19 heavy (non-hydrogen) atoms. The first kappa shape index (κ1) is 13.3. The average molecular weight is 267 g/mol. The van der Waals surface area contributed by atoms with Crippen LogP contribution in [0.4, 0.5) is 9.18 Å². The van der Waals surface area contributed by atoms with Gasteiger partial charge in [0.2, 0.25) is 0 Å². The molecule has 3 amide bonds. The molecule has 0 aromatic heterocycles. The molecule has 0 spiro atoms. The summed E-state index contributed by atoms with van der Waals surface area (Å²) in [5, 5.41) is 4.65. The number of benzene rings is 1. The molecule has 1 saturated heterocycles. The lowest BCUT2D eigenvalue weighted by Gasteiger charge is -2.27. The van der Waals surface area contributed by atoms with Crippen molar-refractivity contribution in [2.45, 2.75) is 12.0 Å². The van der Waals surface area contributed by atoms with Crippen molar-refractivity contribution in [2.75, 3.05) is 13.7 Å². The van der Waals surface area contributed by atoms with Gasteiger partial charge in [0, 0.05) is 5.56 Å². The van der Waals surface area contributed by atoms with Crippen LogP contribution in [0, 0.1) is 5.82 Å². The number of methoxy groups -OCH3 is 1. The van der Waals surface area contributed by atoms with E-state index in [9.17, 15) is 14.0 Å². The molecule has 2 rings (SSSR count). The number of rotatable bonds is 4. The topological polar surface area (TPSA) is 93.4 Å². The van der Waals surface area contributed by atoms with E-state index in [1.54, 1.807) is 0 Å². The number of nitrogens with two attached hydrogens (primary N) is 1. The fourth-order valence-corrected chi connectivity index (χ4v) is 2.22. The number of hydrogen-bond acceptors (Lipinski definition) is 4. The Labute approximate surface area is 109 Å². The lowest BCUT2D eigenvalue weighted by Crippen LogP contribution is -2.45. The van der Waals surface area contributed by atoms with Gasteiger partial charge >= 0.3 is 6.03 Å². The summed E-state index contributed by atoms with van der Waals surface area (Å²) in [6.07, 6.45) is 0.143. The van der Waals surface area contributed by atoms with Crippen LogP contribution in [-0.2, 0) is 10.3 Å². The molecule has 1 heterocycles. The van der Waals surface area contributed by atoms with E-state index >= 15 is 0 Å². The van der Waals surface area contributed by atoms with Gasteiger partial charge in [-0.05, 0) is 31.2 Å². The number of ether oxygens (including phenoxy) is 1. The number of nitrogens with one attached hydrogen (secondary N) is 2. The van der Waals surface area contributed by atoms with E-state index in [0.29, 0.717) is 5.75 Å². The fourth-order valence-electron chi connectivity index (χ4n) is 2.22. The van der Waals surface area contributed by atoms with Crippen molar-refractivity contribution in [2.24, 2.45) is 5.73 Å². The molecule has 102 valence electrons. The van der Waals surface area contributed by atoms with E-state index in [2.05, 4.69) is 10.6 Å². The maximum atomic E-state index is 13.4. The van der Waals surface area contributed by atoms with Gasteiger partial charge in [0.25, 0.3) is 5.91 Å². The SMILES string of the molecule is COc1ccc(F)cc1C1(CCN)NC(=O)NC1=O. The van der Waals surface area contributed by atoms with Crippen LogP contribution >= 0.6 is 0 Å². The van der Waals surface area contributed by atoms with Crippen LogP contribution in [0.3, 0.4) is 0 Å². The van der Waals surface area contributed by atoms with Crippen molar-refractivity contribution in [1.29, 1.82) is 0 Å². The van der Waals surface area contributed by atoms with Crippen LogP contribution in [0.1, 0.15) is 12.0 Å². The molecular weight excluding hydrogens is 253 g/mol. The van der Waals surface area contributed by atoms with Gasteiger partial charge in [-0.3, -0.25) is 10.1 Å².